The van der Waals surface area contributed by atoms with E-state index in [2.05, 4.69) is 62.2 Å². The van der Waals surface area contributed by atoms with Crippen LogP contribution in [0.4, 0.5) is 10.2 Å². The van der Waals surface area contributed by atoms with Crippen LogP contribution < -0.4 is 5.32 Å². The number of hydrogen-bond donors (Lipinski definition) is 1. The fourth-order valence-corrected chi connectivity index (χ4v) is 3.32. The number of aromatic nitrogens is 3. The van der Waals surface area contributed by atoms with Crippen molar-refractivity contribution in [3.8, 4) is 11.3 Å². The highest BCUT2D eigenvalue weighted by molar-refractivity contribution is 9.10. The molecule has 0 bridgehead atoms. The summed E-state index contributed by atoms with van der Waals surface area (Å²) in [4.78, 5) is 4.58. The molecular formula is C24H24BrFN4. The number of hydrogen-bond acceptors (Lipinski definition) is 3. The van der Waals surface area contributed by atoms with Crippen molar-refractivity contribution in [1.82, 2.24) is 14.6 Å². The molecule has 0 aliphatic heterocycles. The van der Waals surface area contributed by atoms with Crippen LogP contribution in [-0.2, 0) is 6.54 Å². The fourth-order valence-electron chi connectivity index (χ4n) is 2.97. The number of fused-ring (bicyclic) bond motifs is 1. The summed E-state index contributed by atoms with van der Waals surface area (Å²) in [6.45, 7) is 10.5. The van der Waals surface area contributed by atoms with E-state index in [1.54, 1.807) is 28.9 Å². The van der Waals surface area contributed by atoms with Crippen LogP contribution in [0.1, 0.15) is 31.9 Å². The second kappa shape index (κ2) is 9.67. The van der Waals surface area contributed by atoms with Gasteiger partial charge in [-0.3, -0.25) is 0 Å². The second-order valence-electron chi connectivity index (χ2n) is 6.57. The van der Waals surface area contributed by atoms with Crippen molar-refractivity contribution in [3.63, 3.8) is 0 Å². The maximum absolute atomic E-state index is 14.3. The molecule has 0 aliphatic rings. The Morgan fingerprint density at radius 3 is 2.50 bits per heavy atom. The molecule has 0 amide bonds. The Labute approximate surface area is 184 Å². The van der Waals surface area contributed by atoms with Crippen LogP contribution in [0.25, 0.3) is 22.5 Å². The summed E-state index contributed by atoms with van der Waals surface area (Å²) in [5, 5.41) is 7.75. The van der Waals surface area contributed by atoms with Gasteiger partial charge in [0.15, 0.2) is 5.65 Å². The first-order valence-electron chi connectivity index (χ1n) is 9.81. The summed E-state index contributed by atoms with van der Waals surface area (Å²) >= 11 is 3.47. The summed E-state index contributed by atoms with van der Waals surface area (Å²) in [6, 6.07) is 16.7. The highest BCUT2D eigenvalue weighted by Gasteiger charge is 2.13. The summed E-state index contributed by atoms with van der Waals surface area (Å²) in [7, 11) is 0. The first-order chi connectivity index (χ1) is 14.5. The van der Waals surface area contributed by atoms with E-state index < -0.39 is 0 Å². The van der Waals surface area contributed by atoms with E-state index in [0.717, 1.165) is 27.0 Å². The quantitative estimate of drug-likeness (QED) is 0.345. The van der Waals surface area contributed by atoms with Crippen LogP contribution in [0.5, 0.6) is 0 Å². The number of allylic oxidation sites excluding steroid dienone is 1. The molecular weight excluding hydrogens is 443 g/mol. The number of anilines is 1. The highest BCUT2D eigenvalue weighted by Crippen LogP contribution is 2.27. The van der Waals surface area contributed by atoms with Crippen LogP contribution in [0, 0.1) is 5.82 Å². The van der Waals surface area contributed by atoms with Crippen molar-refractivity contribution in [2.75, 3.05) is 5.32 Å². The van der Waals surface area contributed by atoms with Gasteiger partial charge in [-0.1, -0.05) is 62.4 Å². The third-order valence-corrected chi connectivity index (χ3v) is 5.06. The van der Waals surface area contributed by atoms with Crippen molar-refractivity contribution in [2.45, 2.75) is 27.3 Å². The third kappa shape index (κ3) is 4.60. The van der Waals surface area contributed by atoms with Gasteiger partial charge in [-0.25, -0.2) is 9.37 Å². The highest BCUT2D eigenvalue weighted by atomic mass is 79.9. The minimum atomic E-state index is -0.309. The Kier molecular flexibility index (Phi) is 7.00. The van der Waals surface area contributed by atoms with Crippen molar-refractivity contribution in [2.24, 2.45) is 0 Å². The van der Waals surface area contributed by atoms with E-state index in [9.17, 15) is 4.39 Å². The lowest BCUT2D eigenvalue weighted by atomic mass is 10.1. The van der Waals surface area contributed by atoms with Crippen LogP contribution in [0.3, 0.4) is 0 Å². The molecule has 154 valence electrons. The first-order valence-corrected chi connectivity index (χ1v) is 10.6. The van der Waals surface area contributed by atoms with Gasteiger partial charge in [0.1, 0.15) is 11.6 Å². The number of halogens is 2. The molecule has 2 heterocycles. The normalized spacial score (nSPS) is 10.4. The molecule has 0 radical (unpaired) electrons. The number of nitrogens with zero attached hydrogens (tertiary/aromatic N) is 3. The minimum Gasteiger partial charge on any atom is -0.366 e. The molecule has 4 nitrogen and oxygen atoms in total. The smallest absolute Gasteiger partial charge is 0.172 e. The van der Waals surface area contributed by atoms with Gasteiger partial charge in [0.05, 0.1) is 16.4 Å². The van der Waals surface area contributed by atoms with Crippen LogP contribution >= 0.6 is 15.9 Å². The van der Waals surface area contributed by atoms with Gasteiger partial charge < -0.3 is 5.32 Å². The molecule has 0 saturated heterocycles. The molecule has 4 rings (SSSR count). The summed E-state index contributed by atoms with van der Waals surface area (Å²) < 4.78 is 16.7. The summed E-state index contributed by atoms with van der Waals surface area (Å²) in [5.41, 5.74) is 4.90. The van der Waals surface area contributed by atoms with E-state index >= 15 is 0 Å². The van der Waals surface area contributed by atoms with Crippen LogP contribution in [-0.4, -0.2) is 14.6 Å². The van der Waals surface area contributed by atoms with Crippen molar-refractivity contribution in [3.05, 3.63) is 88.8 Å². The Balaban J connectivity index is 0.00000124. The topological polar surface area (TPSA) is 42.2 Å². The molecule has 2 aromatic heterocycles. The molecule has 0 atom stereocenters. The summed E-state index contributed by atoms with van der Waals surface area (Å²) in [5.74, 6) is 0.425. The van der Waals surface area contributed by atoms with E-state index in [1.165, 1.54) is 6.07 Å². The lowest BCUT2D eigenvalue weighted by Crippen LogP contribution is -2.07. The van der Waals surface area contributed by atoms with Crippen molar-refractivity contribution >= 4 is 33.0 Å². The minimum absolute atomic E-state index is 0.309. The second-order valence-corrected chi connectivity index (χ2v) is 7.42. The Morgan fingerprint density at radius 1 is 1.13 bits per heavy atom. The van der Waals surface area contributed by atoms with Gasteiger partial charge in [0, 0.05) is 18.2 Å². The van der Waals surface area contributed by atoms with Crippen LogP contribution in [0.2, 0.25) is 0 Å². The maximum atomic E-state index is 14.3. The summed E-state index contributed by atoms with van der Waals surface area (Å²) in [6.07, 6.45) is 1.68. The average molecular weight is 467 g/mol. The Hall–Kier alpha value is -2.99. The Bertz CT molecular complexity index is 1170. The zero-order valence-electron chi connectivity index (χ0n) is 17.3. The van der Waals surface area contributed by atoms with Crippen molar-refractivity contribution < 1.29 is 4.39 Å². The Morgan fingerprint density at radius 2 is 1.83 bits per heavy atom. The van der Waals surface area contributed by atoms with E-state index in [1.807, 2.05) is 26.8 Å². The zero-order chi connectivity index (χ0) is 21.7. The number of benzene rings is 2. The molecule has 6 heteroatoms. The third-order valence-electron chi connectivity index (χ3n) is 4.50. The maximum Gasteiger partial charge on any atom is 0.172 e. The number of nitrogens with one attached hydrogen (secondary N) is 1. The largest absolute Gasteiger partial charge is 0.366 e. The molecule has 0 spiro atoms. The van der Waals surface area contributed by atoms with Gasteiger partial charge in [0.25, 0.3) is 0 Å². The van der Waals surface area contributed by atoms with Gasteiger partial charge in [-0.15, -0.1) is 0 Å². The van der Waals surface area contributed by atoms with E-state index in [4.69, 9.17) is 0 Å². The molecule has 1 N–H and O–H groups in total. The van der Waals surface area contributed by atoms with Crippen molar-refractivity contribution in [1.29, 1.82) is 0 Å². The van der Waals surface area contributed by atoms with Gasteiger partial charge in [-0.05, 0) is 46.1 Å². The monoisotopic (exact) mass is 466 g/mol. The predicted molar refractivity (Wildman–Crippen MR) is 126 cm³/mol. The van der Waals surface area contributed by atoms with Gasteiger partial charge in [-0.2, -0.15) is 9.61 Å². The van der Waals surface area contributed by atoms with Crippen LogP contribution in [0.15, 0.2) is 71.8 Å². The predicted octanol–water partition coefficient (Wildman–Crippen LogP) is 6.97. The lowest BCUT2D eigenvalue weighted by molar-refractivity contribution is 0.630. The standard InChI is InChI=1S/C22H18BrFN4.C2H6/c1-14(2)16-9-7-15(8-10-16)12-25-21-11-20(17-5-3-4-6-19(17)24)27-22-18(23)13-26-28(21)22;1-2/h3-11,13,25H,1,12H2,2H3;1-2H3. The molecule has 0 fully saturated rings. The van der Waals surface area contributed by atoms with E-state index in [0.29, 0.717) is 23.4 Å². The van der Waals surface area contributed by atoms with E-state index in [-0.39, 0.29) is 5.82 Å². The molecule has 0 aliphatic carbocycles. The lowest BCUT2D eigenvalue weighted by Gasteiger charge is -2.12. The average Bonchev–Trinajstić information content (AvgIpc) is 3.15. The molecule has 30 heavy (non-hydrogen) atoms. The SMILES string of the molecule is C=C(C)c1ccc(CNc2cc(-c3ccccc3F)nc3c(Br)cnn23)cc1.CC. The zero-order valence-corrected chi connectivity index (χ0v) is 18.9. The number of rotatable bonds is 5. The molecule has 2 aromatic carbocycles. The molecule has 0 unspecified atom stereocenters. The van der Waals surface area contributed by atoms with Gasteiger partial charge in [0.2, 0.25) is 0 Å². The molecule has 0 saturated carbocycles. The molecule has 4 aromatic rings. The fraction of sp³-hybridized carbons (Fsp3) is 0.167. The van der Waals surface area contributed by atoms with Gasteiger partial charge >= 0.3 is 0 Å². The first kappa shape index (κ1) is 21.7.